The third-order valence-corrected chi connectivity index (χ3v) is 2.94. The smallest absolute Gasteiger partial charge is 0.121 e. The summed E-state index contributed by atoms with van der Waals surface area (Å²) in [6.45, 7) is 3.54. The molecular weight excluding hydrogens is 236 g/mol. The van der Waals surface area contributed by atoms with Crippen LogP contribution < -0.4 is 15.8 Å². The lowest BCUT2D eigenvalue weighted by molar-refractivity contribution is 0.333. The summed E-state index contributed by atoms with van der Waals surface area (Å²) in [6.07, 6.45) is 1.03. The zero-order valence-electron chi connectivity index (χ0n) is 11.2. The summed E-state index contributed by atoms with van der Waals surface area (Å²) < 4.78 is 5.64. The maximum absolute atomic E-state index is 5.70. The minimum absolute atomic E-state index is 0.613. The van der Waals surface area contributed by atoms with Crippen LogP contribution in [0.4, 0.5) is 11.4 Å². The van der Waals surface area contributed by atoms with Crippen LogP contribution in [-0.2, 0) is 6.42 Å². The Balaban J connectivity index is 1.81. The predicted molar refractivity (Wildman–Crippen MR) is 80.7 cm³/mol. The molecule has 0 aliphatic carbocycles. The third kappa shape index (κ3) is 3.91. The van der Waals surface area contributed by atoms with Crippen molar-refractivity contribution < 1.29 is 4.74 Å². The molecule has 2 rings (SSSR count). The van der Waals surface area contributed by atoms with E-state index in [0.717, 1.165) is 24.4 Å². The van der Waals surface area contributed by atoms with E-state index in [2.05, 4.69) is 30.4 Å². The van der Waals surface area contributed by atoms with Crippen molar-refractivity contribution in [1.29, 1.82) is 0 Å². The Morgan fingerprint density at radius 1 is 1.11 bits per heavy atom. The molecule has 3 heteroatoms. The summed E-state index contributed by atoms with van der Waals surface area (Å²) in [7, 11) is 0. The van der Waals surface area contributed by atoms with Crippen LogP contribution in [0.1, 0.15) is 12.5 Å². The zero-order valence-corrected chi connectivity index (χ0v) is 11.2. The summed E-state index contributed by atoms with van der Waals surface area (Å²) >= 11 is 0. The van der Waals surface area contributed by atoms with E-state index >= 15 is 0 Å². The van der Waals surface area contributed by atoms with Crippen molar-refractivity contribution >= 4 is 11.4 Å². The molecule has 3 nitrogen and oxygen atoms in total. The highest BCUT2D eigenvalue weighted by Gasteiger charge is 1.99. The van der Waals surface area contributed by atoms with Gasteiger partial charge in [-0.15, -0.1) is 0 Å². The van der Waals surface area contributed by atoms with Crippen molar-refractivity contribution in [2.75, 3.05) is 24.2 Å². The second-order valence-electron chi connectivity index (χ2n) is 4.36. The molecule has 0 aliphatic rings. The summed E-state index contributed by atoms with van der Waals surface area (Å²) in [6, 6.07) is 15.8. The fourth-order valence-corrected chi connectivity index (χ4v) is 1.96. The number of hydrogen-bond acceptors (Lipinski definition) is 3. The van der Waals surface area contributed by atoms with E-state index in [1.54, 1.807) is 0 Å². The number of para-hydroxylation sites is 1. The Morgan fingerprint density at radius 2 is 1.95 bits per heavy atom. The van der Waals surface area contributed by atoms with Crippen molar-refractivity contribution in [1.82, 2.24) is 0 Å². The van der Waals surface area contributed by atoms with Gasteiger partial charge in [0.15, 0.2) is 0 Å². The fraction of sp³-hybridized carbons (Fsp3) is 0.250. The molecule has 0 unspecified atom stereocenters. The van der Waals surface area contributed by atoms with E-state index in [-0.39, 0.29) is 0 Å². The summed E-state index contributed by atoms with van der Waals surface area (Å²) in [5, 5.41) is 3.39. The number of anilines is 2. The molecule has 0 bridgehead atoms. The van der Waals surface area contributed by atoms with Crippen molar-refractivity contribution in [2.45, 2.75) is 13.3 Å². The molecule has 0 aromatic heterocycles. The number of nitrogens with one attached hydrogen (secondary N) is 1. The predicted octanol–water partition coefficient (Wildman–Crippen LogP) is 3.32. The lowest BCUT2D eigenvalue weighted by atomic mass is 10.1. The van der Waals surface area contributed by atoms with Crippen LogP contribution in [0.15, 0.2) is 48.5 Å². The summed E-state index contributed by atoms with van der Waals surface area (Å²) in [5.41, 5.74) is 8.93. The second kappa shape index (κ2) is 6.69. The van der Waals surface area contributed by atoms with Crippen molar-refractivity contribution in [3.05, 3.63) is 54.1 Å². The Kier molecular flexibility index (Phi) is 4.67. The number of aryl methyl sites for hydroxylation is 1. The highest BCUT2D eigenvalue weighted by atomic mass is 16.5. The van der Waals surface area contributed by atoms with Crippen LogP contribution in [0.3, 0.4) is 0 Å². The molecule has 0 heterocycles. The summed E-state index contributed by atoms with van der Waals surface area (Å²) in [5.74, 6) is 0.811. The quantitative estimate of drug-likeness (QED) is 0.615. The van der Waals surface area contributed by atoms with Crippen LogP contribution in [0.2, 0.25) is 0 Å². The molecule has 0 saturated carbocycles. The molecule has 19 heavy (non-hydrogen) atoms. The average Bonchev–Trinajstić information content (AvgIpc) is 2.44. The SMILES string of the molecule is CCc1ccccc1NCCOc1cccc(N)c1. The van der Waals surface area contributed by atoms with Crippen LogP contribution in [0.5, 0.6) is 5.75 Å². The fourth-order valence-electron chi connectivity index (χ4n) is 1.96. The van der Waals surface area contributed by atoms with Crippen molar-refractivity contribution in [3.8, 4) is 5.75 Å². The van der Waals surface area contributed by atoms with Gasteiger partial charge in [-0.3, -0.25) is 0 Å². The molecule has 0 radical (unpaired) electrons. The Hall–Kier alpha value is -2.16. The molecule has 0 amide bonds. The largest absolute Gasteiger partial charge is 0.492 e. The molecular formula is C16H20N2O. The average molecular weight is 256 g/mol. The molecule has 0 aliphatic heterocycles. The topological polar surface area (TPSA) is 47.3 Å². The first kappa shape index (κ1) is 13.3. The van der Waals surface area contributed by atoms with Gasteiger partial charge in [-0.25, -0.2) is 0 Å². The molecule has 2 aromatic rings. The van der Waals surface area contributed by atoms with E-state index in [9.17, 15) is 0 Å². The number of nitrogens with two attached hydrogens (primary N) is 1. The highest BCUT2D eigenvalue weighted by Crippen LogP contribution is 2.16. The third-order valence-electron chi connectivity index (χ3n) is 2.94. The van der Waals surface area contributed by atoms with E-state index in [0.29, 0.717) is 6.61 Å². The van der Waals surface area contributed by atoms with E-state index in [1.165, 1.54) is 11.3 Å². The zero-order chi connectivity index (χ0) is 13.5. The normalized spacial score (nSPS) is 10.2. The van der Waals surface area contributed by atoms with E-state index < -0.39 is 0 Å². The highest BCUT2D eigenvalue weighted by molar-refractivity contribution is 5.51. The first-order chi connectivity index (χ1) is 9.29. The molecule has 3 N–H and O–H groups in total. The first-order valence-corrected chi connectivity index (χ1v) is 6.59. The van der Waals surface area contributed by atoms with Crippen molar-refractivity contribution in [2.24, 2.45) is 0 Å². The number of ether oxygens (including phenoxy) is 1. The molecule has 0 atom stereocenters. The molecule has 100 valence electrons. The van der Waals surface area contributed by atoms with Gasteiger partial charge in [0.05, 0.1) is 0 Å². The van der Waals surface area contributed by atoms with Gasteiger partial charge in [-0.1, -0.05) is 31.2 Å². The number of hydrogen-bond donors (Lipinski definition) is 2. The second-order valence-corrected chi connectivity index (χ2v) is 4.36. The van der Waals surface area contributed by atoms with Gasteiger partial charge in [-0.05, 0) is 30.2 Å². The van der Waals surface area contributed by atoms with Gasteiger partial charge < -0.3 is 15.8 Å². The van der Waals surface area contributed by atoms with E-state index in [1.807, 2.05) is 30.3 Å². The minimum atomic E-state index is 0.613. The van der Waals surface area contributed by atoms with Crippen molar-refractivity contribution in [3.63, 3.8) is 0 Å². The van der Waals surface area contributed by atoms with Crippen LogP contribution in [-0.4, -0.2) is 13.2 Å². The minimum Gasteiger partial charge on any atom is -0.492 e. The van der Waals surface area contributed by atoms with Crippen LogP contribution in [0.25, 0.3) is 0 Å². The Morgan fingerprint density at radius 3 is 2.74 bits per heavy atom. The lowest BCUT2D eigenvalue weighted by Gasteiger charge is -2.11. The Labute approximate surface area is 114 Å². The Bertz CT molecular complexity index is 526. The van der Waals surface area contributed by atoms with Gasteiger partial charge in [0.25, 0.3) is 0 Å². The molecule has 0 fully saturated rings. The van der Waals surface area contributed by atoms with Gasteiger partial charge in [0.2, 0.25) is 0 Å². The monoisotopic (exact) mass is 256 g/mol. The van der Waals surface area contributed by atoms with Gasteiger partial charge in [0, 0.05) is 24.0 Å². The van der Waals surface area contributed by atoms with Gasteiger partial charge >= 0.3 is 0 Å². The maximum Gasteiger partial charge on any atom is 0.121 e. The van der Waals surface area contributed by atoms with E-state index in [4.69, 9.17) is 10.5 Å². The molecule has 0 spiro atoms. The molecule has 0 saturated heterocycles. The number of rotatable bonds is 6. The van der Waals surface area contributed by atoms with Crippen LogP contribution in [0, 0.1) is 0 Å². The molecule has 2 aromatic carbocycles. The van der Waals surface area contributed by atoms with Gasteiger partial charge in [-0.2, -0.15) is 0 Å². The number of benzene rings is 2. The van der Waals surface area contributed by atoms with Crippen LogP contribution >= 0.6 is 0 Å². The first-order valence-electron chi connectivity index (χ1n) is 6.59. The standard InChI is InChI=1S/C16H20N2O/c1-2-13-6-3-4-9-16(13)18-10-11-19-15-8-5-7-14(17)12-15/h3-9,12,18H,2,10-11,17H2,1H3. The summed E-state index contributed by atoms with van der Waals surface area (Å²) in [4.78, 5) is 0. The maximum atomic E-state index is 5.70. The lowest BCUT2D eigenvalue weighted by Crippen LogP contribution is -2.12. The number of nitrogen functional groups attached to an aromatic ring is 1. The van der Waals surface area contributed by atoms with Gasteiger partial charge in [0.1, 0.15) is 12.4 Å².